The summed E-state index contributed by atoms with van der Waals surface area (Å²) in [5.41, 5.74) is 2.56. The third-order valence-electron chi connectivity index (χ3n) is 3.80. The van der Waals surface area contributed by atoms with Crippen LogP contribution in [0, 0.1) is 10.1 Å². The molecule has 0 saturated heterocycles. The Kier molecular flexibility index (Phi) is 6.25. The van der Waals surface area contributed by atoms with E-state index >= 15 is 0 Å². The quantitative estimate of drug-likeness (QED) is 0.634. The molecular formula is C18H18ClN3O3. The minimum absolute atomic E-state index is 0. The monoisotopic (exact) mass is 359 g/mol. The maximum atomic E-state index is 12.3. The second kappa shape index (κ2) is 8.39. The molecule has 1 aliphatic rings. The van der Waals surface area contributed by atoms with E-state index in [4.69, 9.17) is 0 Å². The largest absolute Gasteiger partial charge is 0.368 e. The van der Waals surface area contributed by atoms with E-state index in [0.29, 0.717) is 12.0 Å². The van der Waals surface area contributed by atoms with Gasteiger partial charge in [-0.1, -0.05) is 30.3 Å². The molecule has 0 aromatic heterocycles. The van der Waals surface area contributed by atoms with Crippen LogP contribution in [-0.2, 0) is 17.6 Å². The molecule has 0 unspecified atom stereocenters. The molecule has 6 nitrogen and oxygen atoms in total. The van der Waals surface area contributed by atoms with Crippen LogP contribution in [0.2, 0.25) is 0 Å². The SMILES string of the molecule is Cl.O=C(Cc1cccc(C2=NCCN2)c1)Cc1cccc([N+](=O)[O-])c1. The number of Topliss-reactive ketones (excluding diaryl/α,β-unsaturated/α-hetero) is 1. The number of nitro groups is 1. The number of benzene rings is 2. The first-order valence-electron chi connectivity index (χ1n) is 7.74. The van der Waals surface area contributed by atoms with Crippen LogP contribution in [-0.4, -0.2) is 29.6 Å². The van der Waals surface area contributed by atoms with Crippen LogP contribution in [0.3, 0.4) is 0 Å². The molecule has 2 aromatic carbocycles. The van der Waals surface area contributed by atoms with Crippen LogP contribution in [0.25, 0.3) is 0 Å². The van der Waals surface area contributed by atoms with Crippen molar-refractivity contribution in [3.05, 3.63) is 75.3 Å². The standard InChI is InChI=1S/C18H17N3O3.ClH/c22-17(12-14-4-2-6-16(10-14)21(23)24)11-13-3-1-5-15(9-13)18-19-7-8-20-18;/h1-6,9-10H,7-8,11-12H2,(H,19,20);1H. The lowest BCUT2D eigenvalue weighted by atomic mass is 10.0. The number of ketones is 1. The van der Waals surface area contributed by atoms with Gasteiger partial charge >= 0.3 is 0 Å². The fourth-order valence-electron chi connectivity index (χ4n) is 2.72. The molecule has 25 heavy (non-hydrogen) atoms. The Morgan fingerprint density at radius 1 is 1.12 bits per heavy atom. The number of nitrogens with one attached hydrogen (secondary N) is 1. The van der Waals surface area contributed by atoms with Crippen molar-refractivity contribution in [2.75, 3.05) is 13.1 Å². The second-order valence-electron chi connectivity index (χ2n) is 5.68. The smallest absolute Gasteiger partial charge is 0.269 e. The van der Waals surface area contributed by atoms with Crippen LogP contribution >= 0.6 is 12.4 Å². The lowest BCUT2D eigenvalue weighted by Crippen LogP contribution is -2.19. The number of carbonyl (C=O) groups excluding carboxylic acids is 1. The lowest BCUT2D eigenvalue weighted by Gasteiger charge is -2.06. The van der Waals surface area contributed by atoms with Crippen LogP contribution in [0.1, 0.15) is 16.7 Å². The fraction of sp³-hybridized carbons (Fsp3) is 0.222. The molecular weight excluding hydrogens is 342 g/mol. The summed E-state index contributed by atoms with van der Waals surface area (Å²) in [6.45, 7) is 1.61. The van der Waals surface area contributed by atoms with E-state index in [1.54, 1.807) is 12.1 Å². The van der Waals surface area contributed by atoms with Gasteiger partial charge in [0.15, 0.2) is 0 Å². The zero-order valence-corrected chi connectivity index (χ0v) is 14.3. The molecule has 7 heteroatoms. The summed E-state index contributed by atoms with van der Waals surface area (Å²) >= 11 is 0. The van der Waals surface area contributed by atoms with Crippen molar-refractivity contribution in [2.24, 2.45) is 4.99 Å². The summed E-state index contributed by atoms with van der Waals surface area (Å²) in [5, 5.41) is 14.0. The fourth-order valence-corrected chi connectivity index (χ4v) is 2.72. The molecule has 0 radical (unpaired) electrons. The minimum atomic E-state index is -0.452. The van der Waals surface area contributed by atoms with E-state index in [1.165, 1.54) is 12.1 Å². The van der Waals surface area contributed by atoms with Crippen molar-refractivity contribution in [2.45, 2.75) is 12.8 Å². The van der Waals surface area contributed by atoms with E-state index in [1.807, 2.05) is 24.3 Å². The van der Waals surface area contributed by atoms with E-state index in [-0.39, 0.29) is 30.3 Å². The van der Waals surface area contributed by atoms with Gasteiger partial charge in [-0.25, -0.2) is 0 Å². The van der Waals surface area contributed by atoms with E-state index in [2.05, 4.69) is 10.3 Å². The van der Waals surface area contributed by atoms with Gasteiger partial charge in [-0.05, 0) is 17.2 Å². The highest BCUT2D eigenvalue weighted by Crippen LogP contribution is 2.15. The average molecular weight is 360 g/mol. The maximum absolute atomic E-state index is 12.3. The zero-order valence-electron chi connectivity index (χ0n) is 13.5. The molecule has 1 N–H and O–H groups in total. The Labute approximate surface area is 151 Å². The third-order valence-corrected chi connectivity index (χ3v) is 3.80. The van der Waals surface area contributed by atoms with Crippen LogP contribution < -0.4 is 5.32 Å². The molecule has 0 fully saturated rings. The number of hydrogen-bond donors (Lipinski definition) is 1. The summed E-state index contributed by atoms with van der Waals surface area (Å²) in [6.07, 6.45) is 0.481. The van der Waals surface area contributed by atoms with Gasteiger partial charge in [0.2, 0.25) is 0 Å². The number of hydrogen-bond acceptors (Lipinski definition) is 5. The van der Waals surface area contributed by atoms with E-state index in [9.17, 15) is 14.9 Å². The molecule has 1 aliphatic heterocycles. The Bertz CT molecular complexity index is 821. The number of amidine groups is 1. The first kappa shape index (κ1) is 18.6. The van der Waals surface area contributed by atoms with Crippen molar-refractivity contribution in [1.82, 2.24) is 5.32 Å². The zero-order chi connectivity index (χ0) is 16.9. The molecule has 0 atom stereocenters. The predicted octanol–water partition coefficient (Wildman–Crippen LogP) is 2.72. The molecule has 0 aliphatic carbocycles. The van der Waals surface area contributed by atoms with Crippen LogP contribution in [0.5, 0.6) is 0 Å². The number of carbonyl (C=O) groups is 1. The van der Waals surface area contributed by atoms with Gasteiger partial charge < -0.3 is 5.32 Å². The van der Waals surface area contributed by atoms with Crippen molar-refractivity contribution in [3.8, 4) is 0 Å². The molecule has 130 valence electrons. The summed E-state index contributed by atoms with van der Waals surface area (Å²) in [6, 6.07) is 14.0. The molecule has 0 amide bonds. The molecule has 2 aromatic rings. The van der Waals surface area contributed by atoms with E-state index < -0.39 is 4.92 Å². The normalized spacial score (nSPS) is 12.7. The summed E-state index contributed by atoms with van der Waals surface area (Å²) in [4.78, 5) is 27.0. The number of aliphatic imine (C=N–C) groups is 1. The molecule has 0 spiro atoms. The van der Waals surface area contributed by atoms with Crippen LogP contribution in [0.15, 0.2) is 53.5 Å². The number of halogens is 1. The summed E-state index contributed by atoms with van der Waals surface area (Å²) in [7, 11) is 0. The van der Waals surface area contributed by atoms with Gasteiger partial charge in [-0.3, -0.25) is 19.9 Å². The number of nitrogens with zero attached hydrogens (tertiary/aromatic N) is 2. The Hall–Kier alpha value is -2.73. The predicted molar refractivity (Wildman–Crippen MR) is 98.6 cm³/mol. The van der Waals surface area contributed by atoms with Gasteiger partial charge in [-0.2, -0.15) is 0 Å². The minimum Gasteiger partial charge on any atom is -0.368 e. The number of rotatable bonds is 6. The van der Waals surface area contributed by atoms with Gasteiger partial charge in [0.05, 0.1) is 11.5 Å². The van der Waals surface area contributed by atoms with Crippen LogP contribution in [0.4, 0.5) is 5.69 Å². The maximum Gasteiger partial charge on any atom is 0.269 e. The number of nitro benzene ring substituents is 1. The topological polar surface area (TPSA) is 84.6 Å². The highest BCUT2D eigenvalue weighted by molar-refractivity contribution is 6.00. The van der Waals surface area contributed by atoms with Crippen molar-refractivity contribution in [1.29, 1.82) is 0 Å². The van der Waals surface area contributed by atoms with Gasteiger partial charge in [-0.15, -0.1) is 12.4 Å². The first-order valence-corrected chi connectivity index (χ1v) is 7.74. The second-order valence-corrected chi connectivity index (χ2v) is 5.68. The van der Waals surface area contributed by atoms with Gasteiger partial charge in [0.1, 0.15) is 11.6 Å². The third kappa shape index (κ3) is 4.87. The first-order chi connectivity index (χ1) is 11.6. The molecule has 1 heterocycles. The highest BCUT2D eigenvalue weighted by atomic mass is 35.5. The van der Waals surface area contributed by atoms with Crippen molar-refractivity contribution >= 4 is 29.7 Å². The van der Waals surface area contributed by atoms with Gasteiger partial charge in [0.25, 0.3) is 5.69 Å². The summed E-state index contributed by atoms with van der Waals surface area (Å²) < 4.78 is 0. The van der Waals surface area contributed by atoms with Gasteiger partial charge in [0, 0.05) is 37.1 Å². The van der Waals surface area contributed by atoms with E-state index in [0.717, 1.165) is 30.1 Å². The molecule has 0 saturated carbocycles. The van der Waals surface area contributed by atoms with Crippen molar-refractivity contribution in [3.63, 3.8) is 0 Å². The Balaban J connectivity index is 0.00000225. The summed E-state index contributed by atoms with van der Waals surface area (Å²) in [5.74, 6) is 0.886. The molecule has 0 bridgehead atoms. The van der Waals surface area contributed by atoms with Crippen molar-refractivity contribution < 1.29 is 9.72 Å². The Morgan fingerprint density at radius 2 is 1.80 bits per heavy atom. The average Bonchev–Trinajstić information content (AvgIpc) is 3.09. The molecule has 3 rings (SSSR count). The number of non-ortho nitro benzene ring substituents is 1. The lowest BCUT2D eigenvalue weighted by molar-refractivity contribution is -0.384. The highest BCUT2D eigenvalue weighted by Gasteiger charge is 2.12. The Morgan fingerprint density at radius 3 is 2.44 bits per heavy atom.